The average molecular weight is 363 g/mol. The van der Waals surface area contributed by atoms with E-state index in [2.05, 4.69) is 10.2 Å². The molecular weight excluding hydrogens is 334 g/mol. The zero-order valence-corrected chi connectivity index (χ0v) is 15.7. The highest BCUT2D eigenvalue weighted by Gasteiger charge is 2.16. The quantitative estimate of drug-likeness (QED) is 0.693. The third-order valence-electron chi connectivity index (χ3n) is 4.46. The molecule has 1 aliphatic heterocycles. The minimum atomic E-state index is -0.129. The van der Waals surface area contributed by atoms with Crippen molar-refractivity contribution in [1.82, 2.24) is 15.1 Å². The normalized spacial score (nSPS) is 14.7. The summed E-state index contributed by atoms with van der Waals surface area (Å²) in [6.07, 6.45) is 0.740. The van der Waals surface area contributed by atoms with Crippen molar-refractivity contribution in [3.05, 3.63) is 29.8 Å². The van der Waals surface area contributed by atoms with Gasteiger partial charge in [0, 0.05) is 39.6 Å². The van der Waals surface area contributed by atoms with Gasteiger partial charge in [0.2, 0.25) is 11.8 Å². The summed E-state index contributed by atoms with van der Waals surface area (Å²) < 4.78 is 10.4. The Kier molecular flexibility index (Phi) is 8.37. The van der Waals surface area contributed by atoms with Crippen molar-refractivity contribution >= 4 is 11.8 Å². The molecule has 1 N–H and O–H groups in total. The summed E-state index contributed by atoms with van der Waals surface area (Å²) in [6.45, 7) is 6.67. The van der Waals surface area contributed by atoms with Crippen LogP contribution in [-0.4, -0.2) is 81.2 Å². The van der Waals surface area contributed by atoms with Crippen molar-refractivity contribution in [1.29, 1.82) is 0 Å². The first kappa shape index (κ1) is 20.2. The van der Waals surface area contributed by atoms with E-state index in [0.717, 1.165) is 50.6 Å². The van der Waals surface area contributed by atoms with Crippen LogP contribution in [0.15, 0.2) is 24.3 Å². The molecule has 0 aromatic heterocycles. The number of rotatable bonds is 9. The van der Waals surface area contributed by atoms with Gasteiger partial charge >= 0.3 is 0 Å². The van der Waals surface area contributed by atoms with Crippen molar-refractivity contribution in [3.8, 4) is 5.75 Å². The summed E-state index contributed by atoms with van der Waals surface area (Å²) >= 11 is 0. The minimum Gasteiger partial charge on any atom is -0.497 e. The molecule has 0 bridgehead atoms. The molecule has 0 saturated carbocycles. The lowest BCUT2D eigenvalue weighted by Crippen LogP contribution is -2.45. The van der Waals surface area contributed by atoms with Crippen LogP contribution >= 0.6 is 0 Å². The van der Waals surface area contributed by atoms with Crippen LogP contribution in [0.3, 0.4) is 0 Å². The molecule has 7 heteroatoms. The first-order valence-corrected chi connectivity index (χ1v) is 9.03. The van der Waals surface area contributed by atoms with Crippen LogP contribution in [-0.2, 0) is 20.7 Å². The van der Waals surface area contributed by atoms with Crippen molar-refractivity contribution in [2.75, 3.05) is 59.6 Å². The highest BCUT2D eigenvalue weighted by molar-refractivity contribution is 5.83. The monoisotopic (exact) mass is 363 g/mol. The number of methoxy groups -OCH3 is 1. The number of nitrogens with zero attached hydrogens (tertiary/aromatic N) is 2. The molecule has 0 aliphatic carbocycles. The predicted octanol–water partition coefficient (Wildman–Crippen LogP) is 0.535. The van der Waals surface area contributed by atoms with E-state index in [1.54, 1.807) is 12.0 Å². The summed E-state index contributed by atoms with van der Waals surface area (Å²) in [5.41, 5.74) is 1.13. The van der Waals surface area contributed by atoms with Crippen molar-refractivity contribution in [2.24, 2.45) is 0 Å². The van der Waals surface area contributed by atoms with E-state index >= 15 is 0 Å². The zero-order chi connectivity index (χ0) is 18.8. The lowest BCUT2D eigenvalue weighted by Gasteiger charge is -2.29. The van der Waals surface area contributed by atoms with Crippen LogP contribution in [0.4, 0.5) is 0 Å². The average Bonchev–Trinajstić information content (AvgIpc) is 2.66. The van der Waals surface area contributed by atoms with E-state index in [4.69, 9.17) is 9.47 Å². The lowest BCUT2D eigenvalue weighted by molar-refractivity contribution is -0.134. The molecule has 0 unspecified atom stereocenters. The molecule has 2 amide bonds. The number of benzene rings is 1. The zero-order valence-electron chi connectivity index (χ0n) is 15.7. The Labute approximate surface area is 155 Å². The standard InChI is InChI=1S/C19H29N3O4/c1-16(23)22(10-9-21-11-13-26-14-12-21)15-19(24)20-8-7-17-3-5-18(25-2)6-4-17/h3-6H,7-15H2,1-2H3,(H,20,24). The fourth-order valence-corrected chi connectivity index (χ4v) is 2.80. The Morgan fingerprint density at radius 1 is 1.23 bits per heavy atom. The van der Waals surface area contributed by atoms with Gasteiger partial charge in [-0.15, -0.1) is 0 Å². The Balaban J connectivity index is 1.69. The molecule has 0 atom stereocenters. The van der Waals surface area contributed by atoms with Gasteiger partial charge in [0.1, 0.15) is 5.75 Å². The number of amides is 2. The van der Waals surface area contributed by atoms with Gasteiger partial charge in [-0.25, -0.2) is 0 Å². The van der Waals surface area contributed by atoms with Gasteiger partial charge in [0.25, 0.3) is 0 Å². The number of carbonyl (C=O) groups is 2. The van der Waals surface area contributed by atoms with Gasteiger partial charge in [0.15, 0.2) is 0 Å². The molecule has 0 radical (unpaired) electrons. The van der Waals surface area contributed by atoms with Crippen LogP contribution in [0.2, 0.25) is 0 Å². The second-order valence-electron chi connectivity index (χ2n) is 6.34. The van der Waals surface area contributed by atoms with Crippen molar-refractivity contribution < 1.29 is 19.1 Å². The fraction of sp³-hybridized carbons (Fsp3) is 0.579. The van der Waals surface area contributed by atoms with Gasteiger partial charge < -0.3 is 19.7 Å². The second kappa shape index (κ2) is 10.8. The number of hydrogen-bond acceptors (Lipinski definition) is 5. The summed E-state index contributed by atoms with van der Waals surface area (Å²) in [5.74, 6) is 0.606. The number of nitrogens with one attached hydrogen (secondary N) is 1. The Hall–Kier alpha value is -2.12. The molecule has 1 aromatic carbocycles. The highest BCUT2D eigenvalue weighted by Crippen LogP contribution is 2.11. The van der Waals surface area contributed by atoms with Gasteiger partial charge in [-0.05, 0) is 24.1 Å². The van der Waals surface area contributed by atoms with Crippen LogP contribution in [0.5, 0.6) is 5.75 Å². The van der Waals surface area contributed by atoms with Gasteiger partial charge in [-0.2, -0.15) is 0 Å². The van der Waals surface area contributed by atoms with Crippen LogP contribution in [0.1, 0.15) is 12.5 Å². The largest absolute Gasteiger partial charge is 0.497 e. The smallest absolute Gasteiger partial charge is 0.239 e. The maximum Gasteiger partial charge on any atom is 0.239 e. The SMILES string of the molecule is COc1ccc(CCNC(=O)CN(CCN2CCOCC2)C(C)=O)cc1. The number of morpholine rings is 1. The number of hydrogen-bond donors (Lipinski definition) is 1. The number of carbonyl (C=O) groups excluding carboxylic acids is 2. The van der Waals surface area contributed by atoms with E-state index in [9.17, 15) is 9.59 Å². The third kappa shape index (κ3) is 7.01. The highest BCUT2D eigenvalue weighted by atomic mass is 16.5. The summed E-state index contributed by atoms with van der Waals surface area (Å²) in [7, 11) is 1.63. The molecular formula is C19H29N3O4. The topological polar surface area (TPSA) is 71.1 Å². The van der Waals surface area contributed by atoms with E-state index in [1.807, 2.05) is 24.3 Å². The fourth-order valence-electron chi connectivity index (χ4n) is 2.80. The van der Waals surface area contributed by atoms with Crippen LogP contribution in [0, 0.1) is 0 Å². The first-order chi connectivity index (χ1) is 12.6. The second-order valence-corrected chi connectivity index (χ2v) is 6.34. The van der Waals surface area contributed by atoms with Gasteiger partial charge in [0.05, 0.1) is 26.9 Å². The van der Waals surface area contributed by atoms with Crippen molar-refractivity contribution in [2.45, 2.75) is 13.3 Å². The van der Waals surface area contributed by atoms with E-state index in [0.29, 0.717) is 13.1 Å². The molecule has 1 heterocycles. The number of ether oxygens (including phenoxy) is 2. The molecule has 1 fully saturated rings. The van der Waals surface area contributed by atoms with E-state index < -0.39 is 0 Å². The molecule has 2 rings (SSSR count). The molecule has 1 saturated heterocycles. The summed E-state index contributed by atoms with van der Waals surface area (Å²) in [5, 5.41) is 2.89. The Morgan fingerprint density at radius 2 is 1.92 bits per heavy atom. The van der Waals surface area contributed by atoms with Crippen LogP contribution in [0.25, 0.3) is 0 Å². The molecule has 26 heavy (non-hydrogen) atoms. The first-order valence-electron chi connectivity index (χ1n) is 9.03. The summed E-state index contributed by atoms with van der Waals surface area (Å²) in [6, 6.07) is 7.77. The minimum absolute atomic E-state index is 0.0800. The van der Waals surface area contributed by atoms with Crippen LogP contribution < -0.4 is 10.1 Å². The predicted molar refractivity (Wildman–Crippen MR) is 99.2 cm³/mol. The lowest BCUT2D eigenvalue weighted by atomic mass is 10.1. The molecule has 1 aliphatic rings. The molecule has 0 spiro atoms. The Bertz CT molecular complexity index is 571. The van der Waals surface area contributed by atoms with Gasteiger partial charge in [-0.1, -0.05) is 12.1 Å². The molecule has 144 valence electrons. The molecule has 7 nitrogen and oxygen atoms in total. The molecule has 1 aromatic rings. The Morgan fingerprint density at radius 3 is 2.54 bits per heavy atom. The van der Waals surface area contributed by atoms with Crippen molar-refractivity contribution in [3.63, 3.8) is 0 Å². The van der Waals surface area contributed by atoms with Gasteiger partial charge in [-0.3, -0.25) is 14.5 Å². The maximum atomic E-state index is 12.1. The maximum absolute atomic E-state index is 12.1. The third-order valence-corrected chi connectivity index (χ3v) is 4.46. The summed E-state index contributed by atoms with van der Waals surface area (Å²) in [4.78, 5) is 27.8. The van der Waals surface area contributed by atoms with E-state index in [1.165, 1.54) is 6.92 Å². The van der Waals surface area contributed by atoms with E-state index in [-0.39, 0.29) is 18.4 Å².